The third kappa shape index (κ3) is 6.59. The molecule has 3 aromatic rings. The van der Waals surface area contributed by atoms with Crippen molar-refractivity contribution in [2.75, 3.05) is 37.0 Å². The van der Waals surface area contributed by atoms with E-state index < -0.39 is 13.7 Å². The van der Waals surface area contributed by atoms with Crippen LogP contribution in [0.15, 0.2) is 30.5 Å². The summed E-state index contributed by atoms with van der Waals surface area (Å²) in [4.78, 5) is 22.7. The van der Waals surface area contributed by atoms with Gasteiger partial charge < -0.3 is 24.1 Å². The largest absolute Gasteiger partial charge is 0.416 e. The van der Waals surface area contributed by atoms with Gasteiger partial charge in [0.25, 0.3) is 0 Å². The van der Waals surface area contributed by atoms with Crippen molar-refractivity contribution in [1.82, 2.24) is 19.7 Å². The Kier molecular flexibility index (Phi) is 9.25. The first-order chi connectivity index (χ1) is 19.8. The van der Waals surface area contributed by atoms with Gasteiger partial charge in [0.1, 0.15) is 18.1 Å². The Labute approximate surface area is 250 Å². The number of aryl methyl sites for hydroxylation is 2. The minimum absolute atomic E-state index is 0.0567. The number of fused-ring (bicyclic) bond motifs is 1. The maximum absolute atomic E-state index is 11.6. The Morgan fingerprint density at radius 2 is 2.05 bits per heavy atom. The van der Waals surface area contributed by atoms with Crippen molar-refractivity contribution in [2.24, 2.45) is 0 Å². The van der Waals surface area contributed by atoms with Gasteiger partial charge in [0, 0.05) is 62.3 Å². The van der Waals surface area contributed by atoms with Gasteiger partial charge in [0.2, 0.25) is 5.95 Å². The first kappa shape index (κ1) is 31.4. The second-order valence-corrected chi connectivity index (χ2v) is 17.5. The molecule has 0 aliphatic carbocycles. The van der Waals surface area contributed by atoms with Crippen LogP contribution in [0.25, 0.3) is 11.3 Å². The van der Waals surface area contributed by atoms with Crippen LogP contribution < -0.4 is 10.1 Å². The number of nitriles is 1. The fourth-order valence-corrected chi connectivity index (χ4v) is 6.04. The molecule has 0 spiro atoms. The lowest BCUT2D eigenvalue weighted by molar-refractivity contribution is 0.189. The molecule has 221 valence electrons. The fourth-order valence-electron chi connectivity index (χ4n) is 4.93. The Morgan fingerprint density at radius 3 is 2.71 bits per heavy atom. The molecule has 1 aromatic carbocycles. The minimum atomic E-state index is -2.05. The summed E-state index contributed by atoms with van der Waals surface area (Å²) in [5.41, 5.74) is 4.12. The van der Waals surface area contributed by atoms with Crippen LogP contribution in [0.2, 0.25) is 18.1 Å². The van der Waals surface area contributed by atoms with E-state index in [1.807, 2.05) is 34.6 Å². The summed E-state index contributed by atoms with van der Waals surface area (Å²) < 4.78 is 13.8. The number of hydrogen-bond acceptors (Lipinski definition) is 9. The second kappa shape index (κ2) is 12.4. The molecule has 0 bridgehead atoms. The average Bonchev–Trinajstić information content (AvgIpc) is 3.43. The summed E-state index contributed by atoms with van der Waals surface area (Å²) in [6.07, 6.45) is 3.30. The number of nitrogens with zero attached hydrogens (tertiary/aromatic N) is 6. The number of ether oxygens (including phenoxy) is 1. The summed E-state index contributed by atoms with van der Waals surface area (Å²) >= 11 is 0. The Bertz CT molecular complexity index is 1480. The summed E-state index contributed by atoms with van der Waals surface area (Å²) in [5, 5.41) is 18.1. The zero-order valence-electron chi connectivity index (χ0n) is 26.0. The molecular weight excluding hydrogens is 545 g/mol. The van der Waals surface area contributed by atoms with Gasteiger partial charge in [-0.2, -0.15) is 10.4 Å². The molecule has 2 aromatic heterocycles. The number of hydrogen-bond donors (Lipinski definition) is 1. The molecule has 1 N–H and O–H groups in total. The zero-order chi connectivity index (χ0) is 30.7. The van der Waals surface area contributed by atoms with Gasteiger partial charge in [-0.05, 0) is 55.2 Å². The molecule has 1 radical (unpaired) electrons. The summed E-state index contributed by atoms with van der Waals surface area (Å²) in [5.74, 6) is 1.22. The number of carbonyl (C=O) groups excluding carboxylic acids is 1. The van der Waals surface area contributed by atoms with Gasteiger partial charge >= 0.3 is 7.41 Å². The predicted molar refractivity (Wildman–Crippen MR) is 169 cm³/mol. The van der Waals surface area contributed by atoms with E-state index >= 15 is 0 Å². The monoisotopic (exact) mass is 586 g/mol. The number of aromatic nitrogens is 4. The van der Waals surface area contributed by atoms with Crippen LogP contribution in [0.5, 0.6) is 0 Å². The van der Waals surface area contributed by atoms with E-state index in [0.717, 1.165) is 40.9 Å². The maximum atomic E-state index is 11.6. The van der Waals surface area contributed by atoms with Gasteiger partial charge in [-0.25, -0.2) is 14.6 Å². The number of anilines is 3. The normalized spacial score (nSPS) is 16.7. The van der Waals surface area contributed by atoms with Gasteiger partial charge in [-0.1, -0.05) is 27.7 Å². The number of rotatable bonds is 12. The van der Waals surface area contributed by atoms with Crippen molar-refractivity contribution < 1.29 is 14.0 Å². The highest BCUT2D eigenvalue weighted by Gasteiger charge is 2.44. The van der Waals surface area contributed by atoms with Crippen molar-refractivity contribution >= 4 is 39.4 Å². The lowest BCUT2D eigenvalue weighted by atomic mass is 9.83. The van der Waals surface area contributed by atoms with E-state index in [2.05, 4.69) is 68.3 Å². The smallest absolute Gasteiger partial charge is 0.329 e. The molecule has 0 fully saturated rings. The topological polar surface area (TPSA) is 118 Å². The highest BCUT2D eigenvalue weighted by atomic mass is 28.4. The van der Waals surface area contributed by atoms with Crippen LogP contribution in [0.1, 0.15) is 50.9 Å². The zero-order valence-corrected chi connectivity index (χ0v) is 27.0. The number of carbonyl (C=O) groups is 1. The van der Waals surface area contributed by atoms with E-state index in [0.29, 0.717) is 43.5 Å². The van der Waals surface area contributed by atoms with Gasteiger partial charge in [-0.3, -0.25) is 0 Å². The number of methoxy groups -OCH3 is 1. The number of nitrogens with one attached hydrogen (secondary N) is 1. The molecule has 1 aliphatic rings. The number of benzene rings is 1. The third-order valence-electron chi connectivity index (χ3n) is 8.30. The first-order valence-corrected chi connectivity index (χ1v) is 17.1. The van der Waals surface area contributed by atoms with E-state index in [-0.39, 0.29) is 5.04 Å². The van der Waals surface area contributed by atoms with Crippen molar-refractivity contribution in [3.8, 4) is 17.3 Å². The highest BCUT2D eigenvalue weighted by Crippen LogP contribution is 2.46. The van der Waals surface area contributed by atoms with Crippen LogP contribution in [-0.2, 0) is 25.9 Å². The molecule has 0 saturated heterocycles. The van der Waals surface area contributed by atoms with Gasteiger partial charge in [0.05, 0.1) is 17.0 Å². The molecule has 4 rings (SSSR count). The summed E-state index contributed by atoms with van der Waals surface area (Å²) in [7, 11) is 1.14. The van der Waals surface area contributed by atoms with Crippen LogP contribution >= 0.6 is 0 Å². The molecule has 1 atom stereocenters. The van der Waals surface area contributed by atoms with E-state index in [9.17, 15) is 10.1 Å². The first-order valence-electron chi connectivity index (χ1n) is 14.2. The van der Waals surface area contributed by atoms with Crippen LogP contribution in [-0.4, -0.2) is 68.5 Å². The van der Waals surface area contributed by atoms with Crippen molar-refractivity contribution in [3.63, 3.8) is 0 Å². The Hall–Kier alpha value is -3.53. The molecule has 12 heteroatoms. The van der Waals surface area contributed by atoms with Crippen molar-refractivity contribution in [1.29, 1.82) is 5.26 Å². The minimum Gasteiger partial charge on any atom is -0.416 e. The SMILES string of the molecule is COCCCn1nc(C)cc1Nc1nccc(-c2cc(C#N)c3c(c2)[C@@](C)(CO[Si](C)(C)C(C)(C)C)CN3[B]C=O)n1. The second-order valence-electron chi connectivity index (χ2n) is 12.7. The summed E-state index contributed by atoms with van der Waals surface area (Å²) in [6, 6.07) is 10.1. The molecular formula is C30H41BN7O3Si. The summed E-state index contributed by atoms with van der Waals surface area (Å²) in [6.45, 7) is 17.6. The molecule has 1 aliphatic heterocycles. The van der Waals surface area contributed by atoms with Crippen LogP contribution in [0.3, 0.4) is 0 Å². The Morgan fingerprint density at radius 1 is 1.29 bits per heavy atom. The molecule has 42 heavy (non-hydrogen) atoms. The molecule has 0 saturated carbocycles. The Balaban J connectivity index is 1.70. The lowest BCUT2D eigenvalue weighted by Crippen LogP contribution is -2.46. The highest BCUT2D eigenvalue weighted by molar-refractivity contribution is 6.74. The van der Waals surface area contributed by atoms with E-state index in [1.54, 1.807) is 13.3 Å². The molecule has 3 heterocycles. The van der Waals surface area contributed by atoms with E-state index in [4.69, 9.17) is 14.1 Å². The molecule has 0 unspecified atom stereocenters. The fraction of sp³-hybridized carbons (Fsp3) is 0.500. The van der Waals surface area contributed by atoms with Gasteiger partial charge in [-0.15, -0.1) is 0 Å². The molecule has 10 nitrogen and oxygen atoms in total. The standard InChI is InChI=1S/C30H41BN7O3Si/c1-21-14-26(38(36-21)12-9-13-40-6)35-28-33-11-10-25(34-28)22-15-23(17-32)27-24(16-22)30(5,18-37(27)31-20-39)19-41-42(7,8)29(2,3)4/h10-11,14-16,20H,9,12-13,18-19H2,1-8H3,(H,33,34,35)/t30-/m1/s1. The van der Waals surface area contributed by atoms with E-state index in [1.165, 1.54) is 7.41 Å². The lowest BCUT2D eigenvalue weighted by Gasteiger charge is -2.39. The maximum Gasteiger partial charge on any atom is 0.329 e. The van der Waals surface area contributed by atoms with Crippen LogP contribution in [0.4, 0.5) is 17.5 Å². The van der Waals surface area contributed by atoms with Crippen molar-refractivity contribution in [3.05, 3.63) is 47.3 Å². The third-order valence-corrected chi connectivity index (χ3v) is 12.8. The van der Waals surface area contributed by atoms with Crippen molar-refractivity contribution in [2.45, 2.75) is 71.1 Å². The molecule has 0 amide bonds. The van der Waals surface area contributed by atoms with Crippen LogP contribution in [0, 0.1) is 18.3 Å². The average molecular weight is 587 g/mol. The predicted octanol–water partition coefficient (Wildman–Crippen LogP) is 5.21. The van der Waals surface area contributed by atoms with Gasteiger partial charge in [0.15, 0.2) is 8.32 Å². The quantitative estimate of drug-likeness (QED) is 0.173.